The van der Waals surface area contributed by atoms with Crippen molar-refractivity contribution in [2.45, 2.75) is 52.4 Å². The number of ketones is 2. The van der Waals surface area contributed by atoms with Crippen molar-refractivity contribution in [3.05, 3.63) is 34.4 Å². The molecular weight excluding hydrogens is 408 g/mol. The number of unbranched alkanes of at least 4 members (excludes halogenated alkanes) is 4. The van der Waals surface area contributed by atoms with Crippen molar-refractivity contribution in [1.29, 1.82) is 0 Å². The number of benzene rings is 2. The van der Waals surface area contributed by atoms with Gasteiger partial charge in [-0.25, -0.2) is 0 Å². The van der Waals surface area contributed by atoms with Crippen LogP contribution < -0.4 is 32.4 Å². The molecule has 8 nitrogen and oxygen atoms in total. The minimum absolute atomic E-state index is 0.00206. The summed E-state index contributed by atoms with van der Waals surface area (Å²) in [6.07, 6.45) is 5.76. The van der Waals surface area contributed by atoms with Gasteiger partial charge in [0.1, 0.15) is 11.5 Å². The molecule has 172 valence electrons. The molecule has 8 N–H and O–H groups in total. The van der Waals surface area contributed by atoms with E-state index in [9.17, 15) is 9.59 Å². The van der Waals surface area contributed by atoms with Crippen LogP contribution in [0.1, 0.15) is 84.2 Å². The third-order valence-electron chi connectivity index (χ3n) is 5.64. The zero-order valence-electron chi connectivity index (χ0n) is 18.8. The second-order valence-electron chi connectivity index (χ2n) is 8.02. The first kappa shape index (κ1) is 23.2. The predicted molar refractivity (Wildman–Crippen MR) is 127 cm³/mol. The fourth-order valence-corrected chi connectivity index (χ4v) is 3.90. The van der Waals surface area contributed by atoms with Gasteiger partial charge >= 0.3 is 0 Å². The smallest absolute Gasteiger partial charge is 0.199 e. The number of nitrogens with two attached hydrogens (primary N) is 4. The van der Waals surface area contributed by atoms with E-state index in [-0.39, 0.29) is 56.5 Å². The van der Waals surface area contributed by atoms with Crippen molar-refractivity contribution in [1.82, 2.24) is 0 Å². The zero-order valence-corrected chi connectivity index (χ0v) is 18.8. The summed E-state index contributed by atoms with van der Waals surface area (Å²) in [5.74, 6) is -0.444. The van der Waals surface area contributed by atoms with E-state index in [1.807, 2.05) is 0 Å². The molecule has 0 radical (unpaired) electrons. The molecular formula is C24H32N4O4. The molecule has 0 amide bonds. The number of rotatable bonds is 10. The lowest BCUT2D eigenvalue weighted by Crippen LogP contribution is -2.27. The highest BCUT2D eigenvalue weighted by molar-refractivity contribution is 6.35. The van der Waals surface area contributed by atoms with Crippen LogP contribution in [-0.2, 0) is 0 Å². The minimum Gasteiger partial charge on any atom is -0.491 e. The summed E-state index contributed by atoms with van der Waals surface area (Å²) in [4.78, 5) is 26.8. The lowest BCUT2D eigenvalue weighted by Gasteiger charge is -2.25. The normalized spacial score (nSPS) is 12.4. The van der Waals surface area contributed by atoms with Gasteiger partial charge in [-0.2, -0.15) is 0 Å². The van der Waals surface area contributed by atoms with Crippen molar-refractivity contribution in [3.63, 3.8) is 0 Å². The van der Waals surface area contributed by atoms with Crippen molar-refractivity contribution in [2.24, 2.45) is 0 Å². The minimum atomic E-state index is -0.513. The highest BCUT2D eigenvalue weighted by Gasteiger charge is 2.38. The molecule has 2 aromatic carbocycles. The van der Waals surface area contributed by atoms with E-state index in [4.69, 9.17) is 32.4 Å². The maximum absolute atomic E-state index is 13.5. The number of fused-ring (bicyclic) bond motifs is 2. The molecule has 0 unspecified atom stereocenters. The molecule has 0 atom stereocenters. The van der Waals surface area contributed by atoms with Crippen LogP contribution in [0.25, 0.3) is 0 Å². The molecule has 2 aromatic rings. The van der Waals surface area contributed by atoms with Gasteiger partial charge in [0.15, 0.2) is 11.6 Å². The van der Waals surface area contributed by atoms with E-state index in [1.54, 1.807) is 0 Å². The summed E-state index contributed by atoms with van der Waals surface area (Å²) >= 11 is 0. The van der Waals surface area contributed by atoms with E-state index in [0.717, 1.165) is 38.5 Å². The van der Waals surface area contributed by atoms with Gasteiger partial charge in [-0.15, -0.1) is 0 Å². The molecule has 32 heavy (non-hydrogen) atoms. The van der Waals surface area contributed by atoms with Crippen LogP contribution >= 0.6 is 0 Å². The Hall–Kier alpha value is -3.42. The number of hydrogen-bond acceptors (Lipinski definition) is 8. The largest absolute Gasteiger partial charge is 0.491 e. The molecule has 0 spiro atoms. The Morgan fingerprint density at radius 1 is 0.625 bits per heavy atom. The Morgan fingerprint density at radius 3 is 1.38 bits per heavy atom. The quantitative estimate of drug-likeness (QED) is 0.273. The lowest BCUT2D eigenvalue weighted by atomic mass is 9.80. The van der Waals surface area contributed by atoms with Crippen molar-refractivity contribution < 1.29 is 19.1 Å². The van der Waals surface area contributed by atoms with Gasteiger partial charge < -0.3 is 32.4 Å². The van der Waals surface area contributed by atoms with Crippen LogP contribution in [0.2, 0.25) is 0 Å². The summed E-state index contributed by atoms with van der Waals surface area (Å²) in [7, 11) is 0. The first-order valence-electron chi connectivity index (χ1n) is 11.1. The number of anilines is 4. The van der Waals surface area contributed by atoms with Crippen molar-refractivity contribution in [3.8, 4) is 11.5 Å². The fourth-order valence-electron chi connectivity index (χ4n) is 3.90. The van der Waals surface area contributed by atoms with Crippen LogP contribution in [0.3, 0.4) is 0 Å². The van der Waals surface area contributed by atoms with Crippen LogP contribution in [0.15, 0.2) is 12.1 Å². The monoisotopic (exact) mass is 440 g/mol. The topological polar surface area (TPSA) is 157 Å². The van der Waals surface area contributed by atoms with Crippen LogP contribution in [0.4, 0.5) is 22.7 Å². The standard InChI is InChI=1S/C24H32N4O4/c1-3-5-7-9-31-15-11-13(25)17-19(21(15)27)24(30)20-18(23(17)29)14(26)12-16(22(20)28)32-10-8-6-4-2/h11-12H,3-10,25-28H2,1-2H3. The average Bonchev–Trinajstić information content (AvgIpc) is 2.76. The molecule has 0 heterocycles. The molecule has 0 fully saturated rings. The molecule has 0 saturated heterocycles. The fraction of sp³-hybridized carbons (Fsp3) is 0.417. The third kappa shape index (κ3) is 4.17. The Kier molecular flexibility index (Phi) is 7.12. The number of carbonyl (C=O) groups excluding carboxylic acids is 2. The first-order valence-corrected chi connectivity index (χ1v) is 11.1. The van der Waals surface area contributed by atoms with Crippen LogP contribution in [-0.4, -0.2) is 24.8 Å². The third-order valence-corrected chi connectivity index (χ3v) is 5.64. The number of carbonyl (C=O) groups is 2. The zero-order chi connectivity index (χ0) is 23.4. The molecule has 8 heteroatoms. The van der Waals surface area contributed by atoms with E-state index >= 15 is 0 Å². The van der Waals surface area contributed by atoms with Crippen molar-refractivity contribution in [2.75, 3.05) is 36.1 Å². The maximum atomic E-state index is 13.5. The summed E-state index contributed by atoms with van der Waals surface area (Å²) < 4.78 is 11.5. The van der Waals surface area contributed by atoms with E-state index in [0.29, 0.717) is 13.2 Å². The average molecular weight is 441 g/mol. The molecule has 1 aliphatic carbocycles. The summed E-state index contributed by atoms with van der Waals surface area (Å²) in [6.45, 7) is 5.04. The Labute approximate surface area is 188 Å². The van der Waals surface area contributed by atoms with E-state index in [1.165, 1.54) is 12.1 Å². The van der Waals surface area contributed by atoms with Crippen LogP contribution in [0.5, 0.6) is 11.5 Å². The molecule has 1 aliphatic rings. The van der Waals surface area contributed by atoms with E-state index in [2.05, 4.69) is 13.8 Å². The predicted octanol–water partition coefficient (Wildman–Crippen LogP) is 3.93. The van der Waals surface area contributed by atoms with Crippen LogP contribution in [0, 0.1) is 0 Å². The van der Waals surface area contributed by atoms with Gasteiger partial charge in [-0.3, -0.25) is 9.59 Å². The van der Waals surface area contributed by atoms with E-state index < -0.39 is 11.6 Å². The van der Waals surface area contributed by atoms with Gasteiger partial charge in [-0.05, 0) is 12.8 Å². The SMILES string of the molecule is CCCCCOc1cc(N)c2c(c1N)C(=O)c1c(N)c(OCCCCC)cc(N)c1C2=O. The molecule has 0 aliphatic heterocycles. The molecule has 0 saturated carbocycles. The van der Waals surface area contributed by atoms with Crippen molar-refractivity contribution >= 4 is 34.3 Å². The molecule has 0 bridgehead atoms. The van der Waals surface area contributed by atoms with Gasteiger partial charge in [0.25, 0.3) is 0 Å². The summed E-state index contributed by atoms with van der Waals surface area (Å²) in [5.41, 5.74) is 25.3. The lowest BCUT2D eigenvalue weighted by molar-refractivity contribution is 0.0981. The number of nitrogen functional groups attached to an aromatic ring is 4. The number of hydrogen-bond donors (Lipinski definition) is 4. The molecule has 3 rings (SSSR count). The second-order valence-corrected chi connectivity index (χ2v) is 8.02. The Bertz CT molecular complexity index is 970. The molecule has 0 aromatic heterocycles. The van der Waals surface area contributed by atoms with Gasteiger partial charge in [0.2, 0.25) is 0 Å². The summed E-state index contributed by atoms with van der Waals surface area (Å²) in [5, 5.41) is 0. The maximum Gasteiger partial charge on any atom is 0.199 e. The Morgan fingerprint density at radius 2 is 1.00 bits per heavy atom. The highest BCUT2D eigenvalue weighted by Crippen LogP contribution is 2.44. The Balaban J connectivity index is 2.04. The van der Waals surface area contributed by atoms with Gasteiger partial charge in [0.05, 0.1) is 46.8 Å². The van der Waals surface area contributed by atoms with Gasteiger partial charge in [-0.1, -0.05) is 39.5 Å². The summed E-state index contributed by atoms with van der Waals surface area (Å²) in [6, 6.07) is 2.97. The highest BCUT2D eigenvalue weighted by atomic mass is 16.5. The second kappa shape index (κ2) is 9.80. The van der Waals surface area contributed by atoms with Gasteiger partial charge in [0, 0.05) is 23.5 Å². The first-order chi connectivity index (χ1) is 15.3. The number of ether oxygens (including phenoxy) is 2.